The molecule has 0 aromatic heterocycles. The Hall–Kier alpha value is -4.10. The maximum atomic E-state index is 13.1. The fraction of sp³-hybridized carbons (Fsp3) is 0.0800. The molecule has 2 N–H and O–H groups in total. The van der Waals surface area contributed by atoms with Crippen molar-refractivity contribution in [1.82, 2.24) is 5.32 Å². The number of anilines is 1. The monoisotopic (exact) mass is 464 g/mol. The van der Waals surface area contributed by atoms with Crippen LogP contribution in [0.3, 0.4) is 0 Å². The van der Waals surface area contributed by atoms with E-state index in [0.717, 1.165) is 0 Å². The third kappa shape index (κ3) is 6.21. The van der Waals surface area contributed by atoms with Gasteiger partial charge in [0.05, 0.1) is 30.4 Å². The van der Waals surface area contributed by atoms with E-state index in [1.54, 1.807) is 73.8 Å². The Morgan fingerprint density at radius 2 is 1.64 bits per heavy atom. The van der Waals surface area contributed by atoms with Crippen molar-refractivity contribution in [3.05, 3.63) is 100 Å². The second-order valence-corrected chi connectivity index (χ2v) is 7.20. The lowest BCUT2D eigenvalue weighted by Gasteiger charge is -2.12. The lowest BCUT2D eigenvalue weighted by atomic mass is 10.1. The van der Waals surface area contributed by atoms with Crippen molar-refractivity contribution in [2.75, 3.05) is 19.5 Å². The lowest BCUT2D eigenvalue weighted by Crippen LogP contribution is -2.31. The molecule has 3 aromatic carbocycles. The van der Waals surface area contributed by atoms with Crippen LogP contribution in [0.2, 0.25) is 5.02 Å². The van der Waals surface area contributed by atoms with E-state index < -0.39 is 17.8 Å². The van der Waals surface area contributed by atoms with Crippen LogP contribution < -0.4 is 15.4 Å². The van der Waals surface area contributed by atoms with Crippen molar-refractivity contribution in [2.45, 2.75) is 0 Å². The van der Waals surface area contributed by atoms with Crippen LogP contribution in [-0.4, -0.2) is 32.0 Å². The highest BCUT2D eigenvalue weighted by molar-refractivity contribution is 6.34. The quantitative estimate of drug-likeness (QED) is 0.395. The third-order valence-corrected chi connectivity index (χ3v) is 4.91. The van der Waals surface area contributed by atoms with Gasteiger partial charge in [-0.05, 0) is 54.1 Å². The van der Waals surface area contributed by atoms with Crippen LogP contribution in [0.25, 0.3) is 6.08 Å². The van der Waals surface area contributed by atoms with Gasteiger partial charge in [-0.3, -0.25) is 9.59 Å². The highest BCUT2D eigenvalue weighted by Gasteiger charge is 2.17. The smallest absolute Gasteiger partial charge is 0.337 e. The number of ether oxygens (including phenoxy) is 2. The average Bonchev–Trinajstić information content (AvgIpc) is 2.83. The number of benzene rings is 3. The van der Waals surface area contributed by atoms with Crippen molar-refractivity contribution >= 4 is 41.1 Å². The van der Waals surface area contributed by atoms with Gasteiger partial charge in [-0.1, -0.05) is 41.9 Å². The van der Waals surface area contributed by atoms with E-state index >= 15 is 0 Å². The predicted octanol–water partition coefficient (Wildman–Crippen LogP) is 4.54. The summed E-state index contributed by atoms with van der Waals surface area (Å²) < 4.78 is 9.87. The SMILES string of the molecule is COC(=O)c1cccc(NC(=O)/C(=C/c2ccc(OC)cc2)NC(=O)c2ccccc2Cl)c1. The molecule has 168 valence electrons. The molecular weight excluding hydrogens is 444 g/mol. The molecular formula is C25H21ClN2O5. The highest BCUT2D eigenvalue weighted by Crippen LogP contribution is 2.18. The molecule has 0 spiro atoms. The molecule has 0 aliphatic carbocycles. The summed E-state index contributed by atoms with van der Waals surface area (Å²) in [5.74, 6) is -1.02. The standard InChI is InChI=1S/C25H21ClN2O5/c1-32-19-12-10-16(11-13-19)14-22(28-23(29)20-8-3-4-9-21(20)26)24(30)27-18-7-5-6-17(15-18)25(31)33-2/h3-15H,1-2H3,(H,27,30)(H,28,29)/b22-14-. The first-order valence-corrected chi connectivity index (χ1v) is 10.2. The Labute approximate surface area is 196 Å². The molecule has 33 heavy (non-hydrogen) atoms. The summed E-state index contributed by atoms with van der Waals surface area (Å²) in [6, 6.07) is 19.7. The zero-order chi connectivity index (χ0) is 23.8. The summed E-state index contributed by atoms with van der Waals surface area (Å²) in [6.07, 6.45) is 1.52. The van der Waals surface area contributed by atoms with E-state index in [1.165, 1.54) is 19.3 Å². The Kier molecular flexibility index (Phi) is 7.83. The van der Waals surface area contributed by atoms with Crippen LogP contribution in [0, 0.1) is 0 Å². The van der Waals surface area contributed by atoms with Crippen molar-refractivity contribution < 1.29 is 23.9 Å². The molecule has 0 heterocycles. The van der Waals surface area contributed by atoms with Crippen LogP contribution in [-0.2, 0) is 9.53 Å². The first kappa shape index (κ1) is 23.6. The van der Waals surface area contributed by atoms with E-state index in [0.29, 0.717) is 17.0 Å². The maximum Gasteiger partial charge on any atom is 0.337 e. The number of nitrogens with one attached hydrogen (secondary N) is 2. The number of esters is 1. The minimum absolute atomic E-state index is 0.0199. The van der Waals surface area contributed by atoms with Gasteiger partial charge in [0.2, 0.25) is 0 Å². The van der Waals surface area contributed by atoms with Gasteiger partial charge in [0.15, 0.2) is 0 Å². The second-order valence-electron chi connectivity index (χ2n) is 6.79. The number of carbonyl (C=O) groups excluding carboxylic acids is 3. The van der Waals surface area contributed by atoms with Crippen molar-refractivity contribution in [3.8, 4) is 5.75 Å². The van der Waals surface area contributed by atoms with Crippen molar-refractivity contribution in [2.24, 2.45) is 0 Å². The molecule has 0 bridgehead atoms. The number of methoxy groups -OCH3 is 2. The van der Waals surface area contributed by atoms with Crippen molar-refractivity contribution in [1.29, 1.82) is 0 Å². The van der Waals surface area contributed by atoms with Crippen LogP contribution in [0.15, 0.2) is 78.5 Å². The molecule has 0 aliphatic heterocycles. The summed E-state index contributed by atoms with van der Waals surface area (Å²) in [7, 11) is 2.82. The lowest BCUT2D eigenvalue weighted by molar-refractivity contribution is -0.113. The van der Waals surface area contributed by atoms with E-state index in [-0.39, 0.29) is 21.8 Å². The molecule has 8 heteroatoms. The van der Waals surface area contributed by atoms with Gasteiger partial charge in [-0.15, -0.1) is 0 Å². The largest absolute Gasteiger partial charge is 0.497 e. The fourth-order valence-electron chi connectivity index (χ4n) is 2.90. The first-order valence-electron chi connectivity index (χ1n) is 9.82. The molecule has 2 amide bonds. The molecule has 0 saturated carbocycles. The normalized spacial score (nSPS) is 10.8. The van der Waals surface area contributed by atoms with E-state index in [4.69, 9.17) is 21.1 Å². The zero-order valence-corrected chi connectivity index (χ0v) is 18.7. The summed E-state index contributed by atoms with van der Waals surface area (Å²) in [4.78, 5) is 37.7. The molecule has 3 rings (SSSR count). The molecule has 7 nitrogen and oxygen atoms in total. The third-order valence-electron chi connectivity index (χ3n) is 4.58. The van der Waals surface area contributed by atoms with Gasteiger partial charge >= 0.3 is 5.97 Å². The molecule has 0 saturated heterocycles. The van der Waals surface area contributed by atoms with Crippen LogP contribution in [0.5, 0.6) is 5.75 Å². The predicted molar refractivity (Wildman–Crippen MR) is 126 cm³/mol. The average molecular weight is 465 g/mol. The molecule has 0 fully saturated rings. The molecule has 0 unspecified atom stereocenters. The number of carbonyl (C=O) groups is 3. The van der Waals surface area contributed by atoms with Gasteiger partial charge in [0.1, 0.15) is 11.4 Å². The Morgan fingerprint density at radius 3 is 2.30 bits per heavy atom. The summed E-state index contributed by atoms with van der Waals surface area (Å²) in [6.45, 7) is 0. The van der Waals surface area contributed by atoms with Gasteiger partial charge < -0.3 is 20.1 Å². The van der Waals surface area contributed by atoms with Gasteiger partial charge in [0.25, 0.3) is 11.8 Å². The summed E-state index contributed by atoms with van der Waals surface area (Å²) >= 11 is 6.13. The van der Waals surface area contributed by atoms with Gasteiger partial charge in [-0.2, -0.15) is 0 Å². The minimum atomic E-state index is -0.590. The highest BCUT2D eigenvalue weighted by atomic mass is 35.5. The Morgan fingerprint density at radius 1 is 0.909 bits per heavy atom. The molecule has 0 radical (unpaired) electrons. The first-order chi connectivity index (χ1) is 15.9. The van der Waals surface area contributed by atoms with E-state index in [1.807, 2.05) is 0 Å². The topological polar surface area (TPSA) is 93.7 Å². The number of hydrogen-bond donors (Lipinski definition) is 2. The summed E-state index contributed by atoms with van der Waals surface area (Å²) in [5, 5.41) is 5.57. The van der Waals surface area contributed by atoms with E-state index in [9.17, 15) is 14.4 Å². The van der Waals surface area contributed by atoms with Crippen LogP contribution in [0.4, 0.5) is 5.69 Å². The van der Waals surface area contributed by atoms with E-state index in [2.05, 4.69) is 10.6 Å². The van der Waals surface area contributed by atoms with Crippen LogP contribution in [0.1, 0.15) is 26.3 Å². The number of halogens is 1. The number of amides is 2. The molecule has 0 atom stereocenters. The van der Waals surface area contributed by atoms with Gasteiger partial charge in [0, 0.05) is 5.69 Å². The Balaban J connectivity index is 1.91. The number of hydrogen-bond acceptors (Lipinski definition) is 5. The summed E-state index contributed by atoms with van der Waals surface area (Å²) in [5.41, 5.74) is 1.49. The Bertz CT molecular complexity index is 1210. The molecule has 3 aromatic rings. The van der Waals surface area contributed by atoms with Crippen molar-refractivity contribution in [3.63, 3.8) is 0 Å². The minimum Gasteiger partial charge on any atom is -0.497 e. The number of rotatable bonds is 7. The zero-order valence-electron chi connectivity index (χ0n) is 17.9. The second kappa shape index (κ2) is 11.0. The van der Waals surface area contributed by atoms with Crippen LogP contribution >= 0.6 is 11.6 Å². The van der Waals surface area contributed by atoms with Gasteiger partial charge in [-0.25, -0.2) is 4.79 Å². The fourth-order valence-corrected chi connectivity index (χ4v) is 3.12. The molecule has 0 aliphatic rings. The maximum absolute atomic E-state index is 13.1.